The molecule has 1 atom stereocenters. The van der Waals surface area contributed by atoms with E-state index in [0.717, 1.165) is 12.2 Å². The summed E-state index contributed by atoms with van der Waals surface area (Å²) in [4.78, 5) is 16.5. The Labute approximate surface area is 127 Å². The summed E-state index contributed by atoms with van der Waals surface area (Å²) in [5.74, 6) is 1.43. The zero-order valence-electron chi connectivity index (χ0n) is 12.6. The average molecular weight is 308 g/mol. The molecule has 0 aliphatic rings. The summed E-state index contributed by atoms with van der Waals surface area (Å²) in [6.45, 7) is 7.86. The summed E-state index contributed by atoms with van der Waals surface area (Å²) in [5, 5.41) is 14.3. The molecule has 0 spiro atoms. The fourth-order valence-electron chi connectivity index (χ4n) is 1.75. The van der Waals surface area contributed by atoms with Gasteiger partial charge in [-0.15, -0.1) is 5.10 Å². The molecule has 0 saturated carbocycles. The molecule has 8 heteroatoms. The first-order valence-corrected chi connectivity index (χ1v) is 7.81. The summed E-state index contributed by atoms with van der Waals surface area (Å²) in [6.07, 6.45) is 2.47. The molecule has 2 aromatic heterocycles. The molecule has 2 N–H and O–H groups in total. The number of carbonyl (C=O) groups excluding carboxylic acids is 1. The number of hydrogen-bond donors (Lipinski definition) is 2. The summed E-state index contributed by atoms with van der Waals surface area (Å²) in [7, 11) is 0. The molecule has 0 radical (unpaired) electrons. The first-order valence-electron chi connectivity index (χ1n) is 6.93. The lowest BCUT2D eigenvalue weighted by atomic mass is 10.4. The third kappa shape index (κ3) is 3.84. The monoisotopic (exact) mass is 308 g/mol. The molecule has 7 nitrogen and oxygen atoms in total. The van der Waals surface area contributed by atoms with E-state index in [-0.39, 0.29) is 17.2 Å². The molecule has 0 saturated heterocycles. The molecule has 2 rings (SSSR count). The van der Waals surface area contributed by atoms with Crippen LogP contribution in [0.2, 0.25) is 0 Å². The van der Waals surface area contributed by atoms with Gasteiger partial charge in [0, 0.05) is 18.5 Å². The molecule has 0 aliphatic heterocycles. The number of thioether (sulfide) groups is 1. The molecular formula is C13H20N6OS. The number of aromatic amines is 1. The van der Waals surface area contributed by atoms with E-state index in [1.807, 2.05) is 27.7 Å². The van der Waals surface area contributed by atoms with E-state index in [2.05, 4.69) is 25.6 Å². The minimum Gasteiger partial charge on any atom is -0.310 e. The van der Waals surface area contributed by atoms with Gasteiger partial charge in [0.2, 0.25) is 11.1 Å². The predicted octanol–water partition coefficient (Wildman–Crippen LogP) is 2.26. The van der Waals surface area contributed by atoms with E-state index >= 15 is 0 Å². The van der Waals surface area contributed by atoms with Crippen LogP contribution >= 0.6 is 11.8 Å². The molecule has 0 aromatic carbocycles. The Morgan fingerprint density at radius 3 is 2.86 bits per heavy atom. The molecule has 2 heterocycles. The average Bonchev–Trinajstić information content (AvgIpc) is 3.07. The Balaban J connectivity index is 1.97. The number of nitrogens with one attached hydrogen (secondary N) is 2. The van der Waals surface area contributed by atoms with Crippen molar-refractivity contribution < 1.29 is 4.79 Å². The number of aryl methyl sites for hydroxylation is 1. The lowest BCUT2D eigenvalue weighted by Crippen LogP contribution is -2.24. The van der Waals surface area contributed by atoms with E-state index in [4.69, 9.17) is 0 Å². The fourth-order valence-corrected chi connectivity index (χ4v) is 2.50. The minimum atomic E-state index is -0.291. The lowest BCUT2D eigenvalue weighted by molar-refractivity contribution is -0.115. The van der Waals surface area contributed by atoms with Gasteiger partial charge in [-0.05, 0) is 20.8 Å². The Morgan fingerprint density at radius 1 is 1.48 bits per heavy atom. The second-order valence-corrected chi connectivity index (χ2v) is 6.23. The van der Waals surface area contributed by atoms with Crippen LogP contribution < -0.4 is 5.32 Å². The van der Waals surface area contributed by atoms with Crippen molar-refractivity contribution in [1.82, 2.24) is 25.0 Å². The van der Waals surface area contributed by atoms with Crippen molar-refractivity contribution in [2.75, 3.05) is 5.32 Å². The number of nitrogens with zero attached hydrogens (tertiary/aromatic N) is 4. The maximum Gasteiger partial charge on any atom is 0.238 e. The van der Waals surface area contributed by atoms with Crippen molar-refractivity contribution in [1.29, 1.82) is 0 Å². The normalized spacial score (nSPS) is 12.6. The van der Waals surface area contributed by atoms with Gasteiger partial charge in [0.25, 0.3) is 0 Å². The maximum absolute atomic E-state index is 12.2. The van der Waals surface area contributed by atoms with Gasteiger partial charge < -0.3 is 5.32 Å². The van der Waals surface area contributed by atoms with E-state index in [9.17, 15) is 4.79 Å². The van der Waals surface area contributed by atoms with E-state index < -0.39 is 0 Å². The third-order valence-electron chi connectivity index (χ3n) is 2.91. The van der Waals surface area contributed by atoms with E-state index in [1.54, 1.807) is 16.9 Å². The van der Waals surface area contributed by atoms with Crippen molar-refractivity contribution in [3.05, 3.63) is 18.1 Å². The molecule has 2 aromatic rings. The van der Waals surface area contributed by atoms with Gasteiger partial charge in [-0.3, -0.25) is 9.89 Å². The van der Waals surface area contributed by atoms with Gasteiger partial charge in [-0.25, -0.2) is 9.67 Å². The van der Waals surface area contributed by atoms with Crippen LogP contribution in [0.5, 0.6) is 0 Å². The van der Waals surface area contributed by atoms with Crippen LogP contribution in [0.25, 0.3) is 0 Å². The Bertz CT molecular complexity index is 605. The van der Waals surface area contributed by atoms with Crippen molar-refractivity contribution in [3.8, 4) is 0 Å². The second kappa shape index (κ2) is 6.75. The van der Waals surface area contributed by atoms with Gasteiger partial charge >= 0.3 is 0 Å². The standard InChI is InChI=1S/C13H20N6OS/c1-5-10-15-13(18-17-10)21-9(4)12(20)16-11-6-7-14-19(11)8(2)3/h6-9H,5H2,1-4H3,(H,16,20)(H,15,17,18). The van der Waals surface area contributed by atoms with Gasteiger partial charge in [0.05, 0.1) is 11.4 Å². The number of H-pyrrole nitrogens is 1. The number of amides is 1. The van der Waals surface area contributed by atoms with Crippen molar-refractivity contribution in [3.63, 3.8) is 0 Å². The van der Waals surface area contributed by atoms with Crippen molar-refractivity contribution in [2.24, 2.45) is 0 Å². The summed E-state index contributed by atoms with van der Waals surface area (Å²) in [5.41, 5.74) is 0. The van der Waals surface area contributed by atoms with Crippen LogP contribution in [0.1, 0.15) is 39.6 Å². The molecule has 0 bridgehead atoms. The zero-order valence-corrected chi connectivity index (χ0v) is 13.4. The predicted molar refractivity (Wildman–Crippen MR) is 82.3 cm³/mol. The fraction of sp³-hybridized carbons (Fsp3) is 0.538. The summed E-state index contributed by atoms with van der Waals surface area (Å²) >= 11 is 1.33. The number of anilines is 1. The largest absolute Gasteiger partial charge is 0.310 e. The van der Waals surface area contributed by atoms with Crippen LogP contribution in [-0.4, -0.2) is 36.1 Å². The topological polar surface area (TPSA) is 88.5 Å². The Kier molecular flexibility index (Phi) is 5.00. The van der Waals surface area contributed by atoms with Crippen molar-refractivity contribution in [2.45, 2.75) is 50.6 Å². The first kappa shape index (κ1) is 15.6. The SMILES string of the molecule is CCc1nc(SC(C)C(=O)Nc2ccnn2C(C)C)n[nH]1. The molecular weight excluding hydrogens is 288 g/mol. The number of carbonyl (C=O) groups is 1. The van der Waals surface area contributed by atoms with Crippen LogP contribution in [0.15, 0.2) is 17.4 Å². The van der Waals surface area contributed by atoms with Crippen LogP contribution in [0.3, 0.4) is 0 Å². The first-order chi connectivity index (χ1) is 10.0. The van der Waals surface area contributed by atoms with Crippen molar-refractivity contribution >= 4 is 23.5 Å². The zero-order chi connectivity index (χ0) is 15.4. The molecule has 0 aliphatic carbocycles. The molecule has 1 amide bonds. The molecule has 0 fully saturated rings. The molecule has 114 valence electrons. The number of rotatable bonds is 6. The highest BCUT2D eigenvalue weighted by Gasteiger charge is 2.19. The molecule has 21 heavy (non-hydrogen) atoms. The van der Waals surface area contributed by atoms with Crippen LogP contribution in [0.4, 0.5) is 5.82 Å². The van der Waals surface area contributed by atoms with Gasteiger partial charge in [-0.2, -0.15) is 5.10 Å². The van der Waals surface area contributed by atoms with Gasteiger partial charge in [0.15, 0.2) is 0 Å². The van der Waals surface area contributed by atoms with E-state index in [0.29, 0.717) is 11.0 Å². The highest BCUT2D eigenvalue weighted by atomic mass is 32.2. The van der Waals surface area contributed by atoms with Crippen LogP contribution in [0, 0.1) is 0 Å². The Morgan fingerprint density at radius 2 is 2.24 bits per heavy atom. The summed E-state index contributed by atoms with van der Waals surface area (Å²) in [6, 6.07) is 1.98. The van der Waals surface area contributed by atoms with Gasteiger partial charge in [0.1, 0.15) is 11.6 Å². The van der Waals surface area contributed by atoms with E-state index in [1.165, 1.54) is 11.8 Å². The lowest BCUT2D eigenvalue weighted by Gasteiger charge is -2.14. The molecule has 1 unspecified atom stereocenters. The quantitative estimate of drug-likeness (QED) is 0.799. The van der Waals surface area contributed by atoms with Crippen LogP contribution in [-0.2, 0) is 11.2 Å². The number of aromatic nitrogens is 5. The summed E-state index contributed by atoms with van der Waals surface area (Å²) < 4.78 is 1.78. The number of hydrogen-bond acceptors (Lipinski definition) is 5. The Hall–Kier alpha value is -1.83. The maximum atomic E-state index is 12.2. The highest BCUT2D eigenvalue weighted by molar-refractivity contribution is 8.00. The highest BCUT2D eigenvalue weighted by Crippen LogP contribution is 2.21. The third-order valence-corrected chi connectivity index (χ3v) is 3.87. The second-order valence-electron chi connectivity index (χ2n) is 4.92. The minimum absolute atomic E-state index is 0.0924. The van der Waals surface area contributed by atoms with Gasteiger partial charge in [-0.1, -0.05) is 18.7 Å². The smallest absolute Gasteiger partial charge is 0.238 e.